The summed E-state index contributed by atoms with van der Waals surface area (Å²) in [7, 11) is -1.77. The number of halogens is 1. The summed E-state index contributed by atoms with van der Waals surface area (Å²) in [5.74, 6) is 0.372. The molecule has 2 aromatic rings. The predicted octanol–water partition coefficient (Wildman–Crippen LogP) is 7.12. The number of carbonyl (C=O) groups excluding carboxylic acids is 1. The van der Waals surface area contributed by atoms with Crippen molar-refractivity contribution in [1.82, 2.24) is 5.32 Å². The molecule has 0 aliphatic heterocycles. The molecular weight excluding hydrogens is 539 g/mol. The third kappa shape index (κ3) is 8.22. The number of ether oxygens (including phenoxy) is 2. The number of methoxy groups -OCH3 is 1. The molecule has 0 fully saturated rings. The molecule has 8 nitrogen and oxygen atoms in total. The van der Waals surface area contributed by atoms with Gasteiger partial charge in [0, 0.05) is 31.5 Å². The largest absolute Gasteiger partial charge is 0.538 e. The van der Waals surface area contributed by atoms with E-state index in [9.17, 15) is 15.3 Å². The van der Waals surface area contributed by atoms with Crippen LogP contribution in [0.15, 0.2) is 36.4 Å². The first-order chi connectivity index (χ1) is 19.1. The van der Waals surface area contributed by atoms with Crippen molar-refractivity contribution in [2.24, 2.45) is 0 Å². The number of nitrogens with one attached hydrogen (secondary N) is 2. The minimum atomic E-state index is -3.25. The number of alkyl halides is 1. The van der Waals surface area contributed by atoms with Crippen LogP contribution in [-0.2, 0) is 22.6 Å². The quantitative estimate of drug-likeness (QED) is 0.256. The maximum atomic E-state index is 16.4. The molecule has 0 radical (unpaired) electrons. The van der Waals surface area contributed by atoms with Gasteiger partial charge >= 0.3 is 6.09 Å². The minimum Gasteiger partial charge on any atom is -0.538 e. The molecule has 0 saturated heterocycles. The summed E-state index contributed by atoms with van der Waals surface area (Å²) in [6.07, 6.45) is -0.578. The normalized spacial score (nSPS) is 13.2. The van der Waals surface area contributed by atoms with Crippen molar-refractivity contribution in [3.8, 4) is 17.9 Å². The predicted molar refractivity (Wildman–Crippen MR) is 161 cm³/mol. The number of amides is 1. The number of benzene rings is 2. The molecule has 10 heteroatoms. The van der Waals surface area contributed by atoms with Crippen molar-refractivity contribution in [3.05, 3.63) is 58.7 Å². The van der Waals surface area contributed by atoms with Crippen LogP contribution in [0.3, 0.4) is 0 Å². The number of alkyl carbamates (subject to hydrolysis) is 1. The number of rotatable bonds is 12. The van der Waals surface area contributed by atoms with Crippen molar-refractivity contribution in [2.45, 2.75) is 90.5 Å². The van der Waals surface area contributed by atoms with E-state index in [1.807, 2.05) is 33.8 Å². The van der Waals surface area contributed by atoms with E-state index in [1.165, 1.54) is 7.11 Å². The maximum absolute atomic E-state index is 16.4. The molecule has 41 heavy (non-hydrogen) atoms. The molecule has 0 aromatic heterocycles. The number of hydrogen-bond donors (Lipinski definition) is 2. The molecule has 1 unspecified atom stereocenters. The summed E-state index contributed by atoms with van der Waals surface area (Å²) < 4.78 is 33.7. The van der Waals surface area contributed by atoms with E-state index in [4.69, 9.17) is 13.9 Å². The third-order valence-electron chi connectivity index (χ3n) is 6.96. The van der Waals surface area contributed by atoms with Gasteiger partial charge in [-0.3, -0.25) is 0 Å². The molecular formula is C31H43FN4O4Si. The Hall–Kier alpha value is -3.60. The van der Waals surface area contributed by atoms with E-state index in [-0.39, 0.29) is 30.8 Å². The first-order valence-electron chi connectivity index (χ1n) is 13.7. The van der Waals surface area contributed by atoms with Crippen LogP contribution in [0.1, 0.15) is 77.6 Å². The molecule has 0 aliphatic rings. The van der Waals surface area contributed by atoms with E-state index in [0.717, 1.165) is 0 Å². The van der Waals surface area contributed by atoms with Gasteiger partial charge in [0.2, 0.25) is 0 Å². The highest BCUT2D eigenvalue weighted by Crippen LogP contribution is 2.45. The van der Waals surface area contributed by atoms with E-state index >= 15 is 4.39 Å². The number of anilines is 1. The Morgan fingerprint density at radius 1 is 0.976 bits per heavy atom. The van der Waals surface area contributed by atoms with Crippen LogP contribution in [0.4, 0.5) is 14.9 Å². The molecule has 2 N–H and O–H groups in total. The fourth-order valence-electron chi connectivity index (χ4n) is 5.34. The lowest BCUT2D eigenvalue weighted by Gasteiger charge is -2.46. The Kier molecular flexibility index (Phi) is 11.3. The minimum absolute atomic E-state index is 0.108. The van der Waals surface area contributed by atoms with E-state index in [0.29, 0.717) is 33.7 Å². The van der Waals surface area contributed by atoms with Gasteiger partial charge in [0.05, 0.1) is 23.8 Å². The monoisotopic (exact) mass is 582 g/mol. The van der Waals surface area contributed by atoms with Crippen molar-refractivity contribution in [1.29, 1.82) is 10.5 Å². The van der Waals surface area contributed by atoms with Gasteiger partial charge in [-0.2, -0.15) is 10.5 Å². The smallest absolute Gasteiger partial charge is 0.407 e. The number of nitrogens with zero attached hydrogens (tertiary/aromatic N) is 2. The molecule has 222 valence electrons. The fraction of sp³-hybridized carbons (Fsp3) is 0.516. The Bertz CT molecular complexity index is 1280. The summed E-state index contributed by atoms with van der Waals surface area (Å²) in [5.41, 5.74) is 1.90. The second-order valence-corrected chi connectivity index (χ2v) is 17.1. The molecule has 0 aliphatic carbocycles. The number of para-hydroxylation sites is 1. The molecule has 0 bridgehead atoms. The summed E-state index contributed by atoms with van der Waals surface area (Å²) in [5, 5.41) is 23.8. The highest BCUT2D eigenvalue weighted by molar-refractivity contribution is 6.79. The zero-order valence-corrected chi connectivity index (χ0v) is 26.6. The van der Waals surface area contributed by atoms with E-state index < -0.39 is 25.3 Å². The Morgan fingerprint density at radius 3 is 2.15 bits per heavy atom. The number of carbonyl (C=O) groups is 1. The first-order valence-corrected chi connectivity index (χ1v) is 15.8. The number of nitriles is 2. The number of hydrogen-bond acceptors (Lipinski definition) is 7. The average Bonchev–Trinajstić information content (AvgIpc) is 2.87. The Balaban J connectivity index is 2.41. The van der Waals surface area contributed by atoms with Crippen molar-refractivity contribution in [2.75, 3.05) is 19.0 Å². The van der Waals surface area contributed by atoms with Gasteiger partial charge < -0.3 is 24.5 Å². The van der Waals surface area contributed by atoms with Crippen LogP contribution >= 0.6 is 0 Å². The van der Waals surface area contributed by atoms with Crippen molar-refractivity contribution in [3.63, 3.8) is 0 Å². The summed E-state index contributed by atoms with van der Waals surface area (Å²) in [6.45, 7) is 15.0. The average molecular weight is 583 g/mol. The molecule has 2 rings (SSSR count). The summed E-state index contributed by atoms with van der Waals surface area (Å²) in [4.78, 5) is 12.1. The summed E-state index contributed by atoms with van der Waals surface area (Å²) in [6, 6.07) is 14.9. The van der Waals surface area contributed by atoms with Gasteiger partial charge in [0.15, 0.2) is 5.29 Å². The van der Waals surface area contributed by atoms with Crippen LogP contribution in [0.25, 0.3) is 0 Å². The van der Waals surface area contributed by atoms with Gasteiger partial charge in [0.1, 0.15) is 17.4 Å². The van der Waals surface area contributed by atoms with Crippen molar-refractivity contribution >= 4 is 20.1 Å². The molecule has 1 amide bonds. The SMILES string of the molecule is COCC(C)(F)[Si](Oc1c(C#N)cccc1CNc1ccc(C#N)c(CNC(=O)OC(C)(C)C)c1)(C(C)C)C(C)C. The molecule has 0 heterocycles. The second kappa shape index (κ2) is 13.8. The highest BCUT2D eigenvalue weighted by Gasteiger charge is 2.60. The van der Waals surface area contributed by atoms with Crippen LogP contribution in [-0.4, -0.2) is 39.0 Å². The molecule has 2 aromatic carbocycles. The second-order valence-electron chi connectivity index (χ2n) is 11.9. The van der Waals surface area contributed by atoms with Crippen LogP contribution in [0.2, 0.25) is 11.1 Å². The first kappa shape index (κ1) is 33.6. The lowest BCUT2D eigenvalue weighted by Crippen LogP contribution is -2.65. The van der Waals surface area contributed by atoms with Gasteiger partial charge in [0.25, 0.3) is 8.32 Å². The lowest BCUT2D eigenvalue weighted by atomic mass is 10.1. The molecule has 0 saturated carbocycles. The Labute approximate surface area is 244 Å². The van der Waals surface area contributed by atoms with Gasteiger partial charge in [-0.1, -0.05) is 39.8 Å². The topological polar surface area (TPSA) is 116 Å². The van der Waals surface area contributed by atoms with Crippen LogP contribution in [0.5, 0.6) is 5.75 Å². The lowest BCUT2D eigenvalue weighted by molar-refractivity contribution is 0.0523. The van der Waals surface area contributed by atoms with E-state index in [2.05, 4.69) is 22.8 Å². The van der Waals surface area contributed by atoms with E-state index in [1.54, 1.807) is 58.0 Å². The molecule has 0 spiro atoms. The van der Waals surface area contributed by atoms with Crippen LogP contribution < -0.4 is 15.1 Å². The van der Waals surface area contributed by atoms with Crippen LogP contribution in [0, 0.1) is 22.7 Å². The fourth-order valence-corrected chi connectivity index (χ4v) is 10.7. The maximum Gasteiger partial charge on any atom is 0.407 e. The third-order valence-corrected chi connectivity index (χ3v) is 12.7. The van der Waals surface area contributed by atoms with Gasteiger partial charge in [-0.15, -0.1) is 0 Å². The van der Waals surface area contributed by atoms with Gasteiger partial charge in [-0.05, 0) is 68.6 Å². The highest BCUT2D eigenvalue weighted by atomic mass is 28.4. The zero-order chi connectivity index (χ0) is 31.0. The van der Waals surface area contributed by atoms with Crippen molar-refractivity contribution < 1.29 is 23.1 Å². The van der Waals surface area contributed by atoms with Gasteiger partial charge in [-0.25, -0.2) is 9.18 Å². The zero-order valence-electron chi connectivity index (χ0n) is 25.6. The molecule has 1 atom stereocenters. The standard InChI is InChI=1S/C31H43FN4O4Si/c1-21(2)41(22(3)4,31(8,32)20-38-9)40-28-24(17-34)11-10-12-25(28)18-35-27-14-13-23(16-33)26(15-27)19-36-29(37)39-30(5,6)7/h10-15,21-22,35H,18-20H2,1-9H3,(H,36,37). The summed E-state index contributed by atoms with van der Waals surface area (Å²) >= 11 is 0. The Morgan fingerprint density at radius 2 is 1.61 bits per heavy atom.